The van der Waals surface area contributed by atoms with Gasteiger partial charge < -0.3 is 22.8 Å². The molecule has 0 fully saturated rings. The maximum absolute atomic E-state index is 5.68. The zero-order valence-electron chi connectivity index (χ0n) is 22.9. The van der Waals surface area contributed by atoms with Crippen LogP contribution in [-0.2, 0) is 48.1 Å². The summed E-state index contributed by atoms with van der Waals surface area (Å²) in [5.74, 6) is 2.74. The normalized spacial score (nSPS) is 11.6. The Kier molecular flexibility index (Phi) is 15.1. The summed E-state index contributed by atoms with van der Waals surface area (Å²) in [7, 11) is 2.88. The average molecular weight is 597 g/mol. The molecule has 2 aromatic heterocycles. The maximum Gasteiger partial charge on any atom is 0.381 e. The predicted molar refractivity (Wildman–Crippen MR) is 151 cm³/mol. The summed E-state index contributed by atoms with van der Waals surface area (Å²) in [5, 5.41) is 0. The molecule has 15 heteroatoms. The Bertz CT molecular complexity index is 1060. The van der Waals surface area contributed by atoms with Gasteiger partial charge in [0.1, 0.15) is 11.6 Å². The van der Waals surface area contributed by atoms with Gasteiger partial charge in [0, 0.05) is 61.9 Å². The minimum atomic E-state index is -2.78. The molecule has 2 rings (SSSR count). The Morgan fingerprint density at radius 2 is 1.30 bits per heavy atom. The van der Waals surface area contributed by atoms with Crippen molar-refractivity contribution >= 4 is 37.1 Å². The van der Waals surface area contributed by atoms with Gasteiger partial charge in [0.25, 0.3) is 0 Å². The van der Waals surface area contributed by atoms with Crippen LogP contribution >= 0.6 is 13.4 Å². The minimum absolute atomic E-state index is 0.222. The van der Waals surface area contributed by atoms with Crippen molar-refractivity contribution in [2.24, 2.45) is 0 Å². The van der Waals surface area contributed by atoms with Gasteiger partial charge in [-0.15, -0.1) is 0 Å². The monoisotopic (exact) mass is 596 g/mol. The van der Waals surface area contributed by atoms with E-state index >= 15 is 0 Å². The van der Waals surface area contributed by atoms with E-state index in [-0.39, 0.29) is 5.92 Å². The molecule has 37 heavy (non-hydrogen) atoms. The number of ether oxygens (including phenoxy) is 1. The predicted octanol–water partition coefficient (Wildman–Crippen LogP) is 5.92. The van der Waals surface area contributed by atoms with Crippen LogP contribution in [0.25, 0.3) is 0 Å². The molecule has 0 aromatic carbocycles. The van der Waals surface area contributed by atoms with Gasteiger partial charge in [-0.1, -0.05) is 20.8 Å². The first-order chi connectivity index (χ1) is 17.5. The third-order valence-corrected chi connectivity index (χ3v) is 8.97. The van der Waals surface area contributed by atoms with Crippen molar-refractivity contribution < 1.29 is 31.9 Å². The van der Waals surface area contributed by atoms with Gasteiger partial charge in [-0.3, -0.25) is 9.05 Å². The molecule has 2 heterocycles. The van der Waals surface area contributed by atoms with Crippen LogP contribution in [0.4, 0.5) is 0 Å². The molecule has 0 aliphatic heterocycles. The molecule has 0 radical (unpaired) electrons. The number of rotatable bonds is 14. The van der Waals surface area contributed by atoms with E-state index in [9.17, 15) is 0 Å². The van der Waals surface area contributed by atoms with Crippen LogP contribution in [0.2, 0.25) is 0 Å². The molecule has 0 unspecified atom stereocenters. The second-order valence-corrected chi connectivity index (χ2v) is 13.5. The summed E-state index contributed by atoms with van der Waals surface area (Å²) >= 11 is 10.4. The van der Waals surface area contributed by atoms with E-state index in [0.29, 0.717) is 49.7 Å². The quantitative estimate of drug-likeness (QED) is 0.241. The van der Waals surface area contributed by atoms with Gasteiger partial charge in [0.05, 0.1) is 25.9 Å². The SMILES string of the molecule is CCOP(=S)(OCC)Oc1cc(C)nc(C(C)C)n1.CCOc1cc(OP(=S)(OC)OC)nc(CC)n1. The highest BCUT2D eigenvalue weighted by molar-refractivity contribution is 8.08. The molecule has 0 N–H and O–H groups in total. The highest BCUT2D eigenvalue weighted by Gasteiger charge is 2.23. The van der Waals surface area contributed by atoms with Crippen molar-refractivity contribution in [3.63, 3.8) is 0 Å². The molecule has 0 saturated carbocycles. The molecular formula is C22H38N4O7P2S2. The summed E-state index contributed by atoms with van der Waals surface area (Å²) in [4.78, 5) is 17.1. The number of hydrogen-bond acceptors (Lipinski definition) is 13. The molecule has 2 aromatic rings. The fourth-order valence-electron chi connectivity index (χ4n) is 2.53. The van der Waals surface area contributed by atoms with E-state index < -0.39 is 13.4 Å². The first kappa shape index (κ1) is 33.7. The zero-order valence-corrected chi connectivity index (χ0v) is 26.3. The van der Waals surface area contributed by atoms with Crippen molar-refractivity contribution in [2.45, 2.75) is 60.8 Å². The Balaban J connectivity index is 0.000000371. The van der Waals surface area contributed by atoms with E-state index in [2.05, 4.69) is 19.9 Å². The lowest BCUT2D eigenvalue weighted by atomic mass is 10.2. The van der Waals surface area contributed by atoms with Crippen LogP contribution in [0.3, 0.4) is 0 Å². The Morgan fingerprint density at radius 1 is 0.757 bits per heavy atom. The standard InChI is InChI=1S/C12H21N2O3PS.C10H17N2O4PS/c1-6-15-18(19,16-7-2)17-11-8-10(5)13-12(14-11)9(3)4;1-5-8-11-9(15-6-2)7-10(12-8)16-17(18,13-3)14-4/h8-9H,6-7H2,1-5H3;7H,5-6H2,1-4H3. The van der Waals surface area contributed by atoms with E-state index in [1.165, 1.54) is 14.2 Å². The van der Waals surface area contributed by atoms with E-state index in [4.69, 9.17) is 55.5 Å². The van der Waals surface area contributed by atoms with Crippen LogP contribution in [0, 0.1) is 6.92 Å². The van der Waals surface area contributed by atoms with Crippen LogP contribution in [0.15, 0.2) is 12.1 Å². The first-order valence-electron chi connectivity index (χ1n) is 11.8. The van der Waals surface area contributed by atoms with Gasteiger partial charge in [-0.2, -0.15) is 15.0 Å². The number of aromatic nitrogens is 4. The Labute approximate surface area is 230 Å². The number of nitrogens with zero attached hydrogens (tertiary/aromatic N) is 4. The summed E-state index contributed by atoms with van der Waals surface area (Å²) in [5.41, 5.74) is 0.836. The van der Waals surface area contributed by atoms with Crippen molar-refractivity contribution in [3.05, 3.63) is 29.5 Å². The molecule has 0 amide bonds. The molecule has 11 nitrogen and oxygen atoms in total. The van der Waals surface area contributed by atoms with Crippen LogP contribution in [0.5, 0.6) is 17.6 Å². The molecule has 210 valence electrons. The molecule has 0 bridgehead atoms. The van der Waals surface area contributed by atoms with Crippen molar-refractivity contribution in [2.75, 3.05) is 34.0 Å². The van der Waals surface area contributed by atoms with Crippen molar-refractivity contribution in [3.8, 4) is 17.6 Å². The molecule has 0 atom stereocenters. The third kappa shape index (κ3) is 12.0. The van der Waals surface area contributed by atoms with E-state index in [1.54, 1.807) is 12.1 Å². The molecule has 0 saturated heterocycles. The summed E-state index contributed by atoms with van der Waals surface area (Å²) < 4.78 is 37.5. The molecular weight excluding hydrogens is 558 g/mol. The second kappa shape index (κ2) is 16.6. The third-order valence-electron chi connectivity index (χ3n) is 4.13. The summed E-state index contributed by atoms with van der Waals surface area (Å²) in [6.45, 7) is 9.33. The van der Waals surface area contributed by atoms with E-state index in [1.807, 2.05) is 48.5 Å². The fraction of sp³-hybridized carbons (Fsp3) is 0.636. The average Bonchev–Trinajstić information content (AvgIpc) is 2.84. The van der Waals surface area contributed by atoms with Crippen LogP contribution < -0.4 is 13.8 Å². The largest absolute Gasteiger partial charge is 0.478 e. The van der Waals surface area contributed by atoms with Crippen molar-refractivity contribution in [1.29, 1.82) is 0 Å². The highest BCUT2D eigenvalue weighted by Crippen LogP contribution is 2.49. The lowest BCUT2D eigenvalue weighted by molar-refractivity contribution is 0.215. The fourth-order valence-corrected chi connectivity index (χ4v) is 5.37. The maximum atomic E-state index is 5.68. The number of hydrogen-bond donors (Lipinski definition) is 0. The van der Waals surface area contributed by atoms with Gasteiger partial charge in [0.15, 0.2) is 0 Å². The Morgan fingerprint density at radius 3 is 1.78 bits per heavy atom. The van der Waals surface area contributed by atoms with Gasteiger partial charge in [-0.05, 0) is 27.7 Å². The van der Waals surface area contributed by atoms with Crippen LogP contribution in [0.1, 0.15) is 64.8 Å². The molecule has 0 aliphatic rings. The minimum Gasteiger partial charge on any atom is -0.478 e. The lowest BCUT2D eigenvalue weighted by Gasteiger charge is -2.20. The summed E-state index contributed by atoms with van der Waals surface area (Å²) in [6, 6.07) is 3.31. The Hall–Kier alpha value is -1.30. The van der Waals surface area contributed by atoms with Gasteiger partial charge >= 0.3 is 13.4 Å². The van der Waals surface area contributed by atoms with Crippen LogP contribution in [-0.4, -0.2) is 54.0 Å². The van der Waals surface area contributed by atoms with Gasteiger partial charge in [-0.25, -0.2) is 4.98 Å². The first-order valence-corrected chi connectivity index (χ1v) is 16.9. The van der Waals surface area contributed by atoms with E-state index in [0.717, 1.165) is 11.5 Å². The zero-order chi connectivity index (χ0) is 28.1. The molecule has 0 spiro atoms. The molecule has 0 aliphatic carbocycles. The number of aryl methyl sites for hydroxylation is 2. The van der Waals surface area contributed by atoms with Gasteiger partial charge in [0.2, 0.25) is 17.6 Å². The summed E-state index contributed by atoms with van der Waals surface area (Å²) in [6.07, 6.45) is 0.667. The smallest absolute Gasteiger partial charge is 0.381 e. The highest BCUT2D eigenvalue weighted by atomic mass is 32.5. The second-order valence-electron chi connectivity index (χ2n) is 7.39. The lowest BCUT2D eigenvalue weighted by Crippen LogP contribution is -2.06. The topological polar surface area (TPSA) is 116 Å². The van der Waals surface area contributed by atoms with Crippen molar-refractivity contribution in [1.82, 2.24) is 19.9 Å².